The zero-order chi connectivity index (χ0) is 21.3. The van der Waals surface area contributed by atoms with Crippen molar-refractivity contribution < 1.29 is 9.90 Å². The van der Waals surface area contributed by atoms with Crippen molar-refractivity contribution in [3.8, 4) is 5.88 Å². The van der Waals surface area contributed by atoms with Crippen LogP contribution in [0.1, 0.15) is 61.8 Å². The molecular formula is C23H27N3O3S. The number of H-pyrrole nitrogens is 1. The summed E-state index contributed by atoms with van der Waals surface area (Å²) in [4.78, 5) is 29.7. The van der Waals surface area contributed by atoms with Crippen molar-refractivity contribution in [2.75, 3.05) is 6.54 Å². The SMILES string of the molecule is CC(=O)N1CCc2ccccc2[C@H]1c1c(O)n(CCC2=CCCCC2)c(=S)[nH]c1=O. The summed E-state index contributed by atoms with van der Waals surface area (Å²) in [5.74, 6) is -0.275. The second-order valence-corrected chi connectivity index (χ2v) is 8.46. The van der Waals surface area contributed by atoms with Gasteiger partial charge >= 0.3 is 0 Å². The summed E-state index contributed by atoms with van der Waals surface area (Å²) in [5.41, 5.74) is 3.06. The highest BCUT2D eigenvalue weighted by atomic mass is 32.1. The van der Waals surface area contributed by atoms with Gasteiger partial charge in [0.15, 0.2) is 4.77 Å². The molecule has 0 fully saturated rings. The lowest BCUT2D eigenvalue weighted by Crippen LogP contribution is -2.41. The summed E-state index contributed by atoms with van der Waals surface area (Å²) < 4.78 is 1.80. The molecule has 2 aromatic rings. The second-order valence-electron chi connectivity index (χ2n) is 8.07. The first-order valence-corrected chi connectivity index (χ1v) is 11.0. The van der Waals surface area contributed by atoms with Crippen LogP contribution in [0.5, 0.6) is 5.88 Å². The van der Waals surface area contributed by atoms with Crippen molar-refractivity contribution in [1.82, 2.24) is 14.5 Å². The lowest BCUT2D eigenvalue weighted by atomic mass is 9.88. The fourth-order valence-electron chi connectivity index (χ4n) is 4.63. The van der Waals surface area contributed by atoms with Crippen molar-refractivity contribution >= 4 is 18.1 Å². The first-order chi connectivity index (χ1) is 14.5. The van der Waals surface area contributed by atoms with Gasteiger partial charge in [0.2, 0.25) is 11.8 Å². The molecule has 1 aliphatic carbocycles. The zero-order valence-corrected chi connectivity index (χ0v) is 18.0. The lowest BCUT2D eigenvalue weighted by Gasteiger charge is -2.37. The Morgan fingerprint density at radius 1 is 1.27 bits per heavy atom. The van der Waals surface area contributed by atoms with Crippen molar-refractivity contribution in [1.29, 1.82) is 0 Å². The number of nitrogens with zero attached hydrogens (tertiary/aromatic N) is 2. The third kappa shape index (κ3) is 3.86. The van der Waals surface area contributed by atoms with Crippen molar-refractivity contribution in [3.05, 3.63) is 67.7 Å². The standard InChI is InChI=1S/C23H27N3O3S/c1-15(27)25-14-12-17-9-5-6-10-18(17)20(25)19-21(28)24-23(30)26(22(19)29)13-11-16-7-3-2-4-8-16/h5-7,9-10,20,29H,2-4,8,11-14H2,1H3,(H,24,28,30)/t20-/m0/s1. The van der Waals surface area contributed by atoms with Gasteiger partial charge < -0.3 is 10.0 Å². The molecule has 30 heavy (non-hydrogen) atoms. The van der Waals surface area contributed by atoms with Crippen molar-refractivity contribution in [2.24, 2.45) is 0 Å². The van der Waals surface area contributed by atoms with Crippen LogP contribution < -0.4 is 5.56 Å². The van der Waals surface area contributed by atoms with Crippen LogP contribution in [0.15, 0.2) is 40.7 Å². The van der Waals surface area contributed by atoms with Gasteiger partial charge in [-0.1, -0.05) is 35.9 Å². The number of rotatable bonds is 4. The lowest BCUT2D eigenvalue weighted by molar-refractivity contribution is -0.130. The topological polar surface area (TPSA) is 78.3 Å². The first-order valence-electron chi connectivity index (χ1n) is 10.6. The maximum atomic E-state index is 13.0. The monoisotopic (exact) mass is 425 g/mol. The molecule has 4 rings (SSSR count). The number of fused-ring (bicyclic) bond motifs is 1. The number of hydrogen-bond donors (Lipinski definition) is 2. The Morgan fingerprint density at radius 3 is 2.80 bits per heavy atom. The van der Waals surface area contributed by atoms with Gasteiger partial charge in [-0.25, -0.2) is 0 Å². The highest BCUT2D eigenvalue weighted by molar-refractivity contribution is 7.71. The van der Waals surface area contributed by atoms with E-state index in [0.717, 1.165) is 36.8 Å². The molecule has 0 unspecified atom stereocenters. The Kier molecular flexibility index (Phi) is 5.90. The van der Waals surface area contributed by atoms with Crippen molar-refractivity contribution in [3.63, 3.8) is 0 Å². The average Bonchev–Trinajstić information content (AvgIpc) is 2.74. The van der Waals surface area contributed by atoms with Crippen LogP contribution in [0.2, 0.25) is 0 Å². The summed E-state index contributed by atoms with van der Waals surface area (Å²) in [6.07, 6.45) is 8.34. The Hall–Kier alpha value is -2.67. The number of aromatic hydroxyl groups is 1. The van der Waals surface area contributed by atoms with E-state index in [1.807, 2.05) is 24.3 Å². The molecule has 0 saturated carbocycles. The van der Waals surface area contributed by atoms with E-state index < -0.39 is 11.6 Å². The maximum Gasteiger partial charge on any atom is 0.261 e. The minimum Gasteiger partial charge on any atom is -0.494 e. The Morgan fingerprint density at radius 2 is 2.07 bits per heavy atom. The maximum absolute atomic E-state index is 13.0. The fraction of sp³-hybridized carbons (Fsp3) is 0.435. The predicted octanol–water partition coefficient (Wildman–Crippen LogP) is 4.00. The third-order valence-corrected chi connectivity index (χ3v) is 6.53. The van der Waals surface area contributed by atoms with E-state index in [9.17, 15) is 14.7 Å². The number of aromatic nitrogens is 2. The molecule has 1 aliphatic heterocycles. The highest BCUT2D eigenvalue weighted by Gasteiger charge is 2.35. The summed E-state index contributed by atoms with van der Waals surface area (Å²) in [5, 5.41) is 11.2. The summed E-state index contributed by atoms with van der Waals surface area (Å²) >= 11 is 5.36. The van der Waals surface area contributed by atoms with E-state index in [2.05, 4.69) is 11.1 Å². The summed E-state index contributed by atoms with van der Waals surface area (Å²) in [6.45, 7) is 2.49. The predicted molar refractivity (Wildman–Crippen MR) is 118 cm³/mol. The van der Waals surface area contributed by atoms with Crippen LogP contribution in [0.4, 0.5) is 0 Å². The fourth-order valence-corrected chi connectivity index (χ4v) is 4.90. The molecule has 0 radical (unpaired) electrons. The van der Waals surface area contributed by atoms with E-state index in [0.29, 0.717) is 13.1 Å². The average molecular weight is 426 g/mol. The normalized spacial score (nSPS) is 18.6. The number of aromatic amines is 1. The zero-order valence-electron chi connectivity index (χ0n) is 17.2. The smallest absolute Gasteiger partial charge is 0.261 e. The van der Waals surface area contributed by atoms with Gasteiger partial charge in [-0.05, 0) is 61.9 Å². The van der Waals surface area contributed by atoms with Gasteiger partial charge in [-0.2, -0.15) is 0 Å². The van der Waals surface area contributed by atoms with Gasteiger partial charge in [0.25, 0.3) is 5.56 Å². The first kappa shape index (κ1) is 20.6. The van der Waals surface area contributed by atoms with Crippen molar-refractivity contribution in [2.45, 2.75) is 58.0 Å². The number of carbonyl (C=O) groups is 1. The van der Waals surface area contributed by atoms with Gasteiger partial charge in [0, 0.05) is 20.0 Å². The molecule has 0 bridgehead atoms. The van der Waals surface area contributed by atoms with E-state index in [-0.39, 0.29) is 22.1 Å². The molecule has 1 atom stereocenters. The largest absolute Gasteiger partial charge is 0.494 e. The van der Waals surface area contributed by atoms with Crippen LogP contribution in [0.25, 0.3) is 0 Å². The highest BCUT2D eigenvalue weighted by Crippen LogP contribution is 2.37. The van der Waals surface area contributed by atoms with Crippen LogP contribution in [-0.4, -0.2) is 32.0 Å². The van der Waals surface area contributed by atoms with Crippen LogP contribution in [0, 0.1) is 4.77 Å². The molecule has 2 aliphatic rings. The molecule has 0 spiro atoms. The van der Waals surface area contributed by atoms with E-state index in [1.54, 1.807) is 9.47 Å². The van der Waals surface area contributed by atoms with Crippen LogP contribution >= 0.6 is 12.2 Å². The number of hydrogen-bond acceptors (Lipinski definition) is 4. The van der Waals surface area contributed by atoms with Crippen LogP contribution in [-0.2, 0) is 17.8 Å². The Bertz CT molecular complexity index is 1120. The van der Waals surface area contributed by atoms with Gasteiger partial charge in [-0.15, -0.1) is 0 Å². The number of carbonyl (C=O) groups excluding carboxylic acids is 1. The molecule has 1 amide bonds. The molecule has 1 aromatic carbocycles. The third-order valence-electron chi connectivity index (χ3n) is 6.21. The minimum absolute atomic E-state index is 0.130. The van der Waals surface area contributed by atoms with Gasteiger partial charge in [0.05, 0.1) is 6.04 Å². The molecule has 7 heteroatoms. The van der Waals surface area contributed by atoms with Gasteiger partial charge in [-0.3, -0.25) is 19.1 Å². The number of benzene rings is 1. The summed E-state index contributed by atoms with van der Waals surface area (Å²) in [6, 6.07) is 7.15. The van der Waals surface area contributed by atoms with Crippen LogP contribution in [0.3, 0.4) is 0 Å². The van der Waals surface area contributed by atoms with E-state index >= 15 is 0 Å². The number of amides is 1. The molecular weight excluding hydrogens is 398 g/mol. The molecule has 2 N–H and O–H groups in total. The number of nitrogens with one attached hydrogen (secondary N) is 1. The Balaban J connectivity index is 1.79. The molecule has 6 nitrogen and oxygen atoms in total. The van der Waals surface area contributed by atoms with E-state index in [4.69, 9.17) is 12.2 Å². The molecule has 1 aromatic heterocycles. The molecule has 2 heterocycles. The van der Waals surface area contributed by atoms with Gasteiger partial charge in [0.1, 0.15) is 5.56 Å². The number of allylic oxidation sites excluding steroid dienone is 2. The summed E-state index contributed by atoms with van der Waals surface area (Å²) in [7, 11) is 0. The minimum atomic E-state index is -0.632. The molecule has 158 valence electrons. The quantitative estimate of drug-likeness (QED) is 0.573. The second kappa shape index (κ2) is 8.60. The Labute approximate surface area is 180 Å². The molecule has 0 saturated heterocycles. The van der Waals surface area contributed by atoms with E-state index in [1.165, 1.54) is 25.3 Å².